The quantitative estimate of drug-likeness (QED) is 0.145. The van der Waals surface area contributed by atoms with Crippen molar-refractivity contribution in [3.05, 3.63) is 0 Å². The molecular formula is C18H32N4O7S2. The van der Waals surface area contributed by atoms with Crippen LogP contribution in [0.2, 0.25) is 0 Å². The lowest BCUT2D eigenvalue weighted by molar-refractivity contribution is -0.143. The van der Waals surface area contributed by atoms with E-state index >= 15 is 0 Å². The summed E-state index contributed by atoms with van der Waals surface area (Å²) in [5.74, 6) is -4.25. The number of thiol groups is 1. The molecule has 0 aliphatic heterocycles. The zero-order chi connectivity index (χ0) is 24.1. The molecule has 0 saturated carbocycles. The van der Waals surface area contributed by atoms with Crippen molar-refractivity contribution in [2.75, 3.05) is 17.8 Å². The van der Waals surface area contributed by atoms with Gasteiger partial charge in [-0.15, -0.1) is 0 Å². The van der Waals surface area contributed by atoms with Gasteiger partial charge in [0.2, 0.25) is 17.7 Å². The first-order valence-corrected chi connectivity index (χ1v) is 11.7. The Balaban J connectivity index is 5.24. The van der Waals surface area contributed by atoms with Gasteiger partial charge in [-0.05, 0) is 30.8 Å². The van der Waals surface area contributed by atoms with E-state index in [9.17, 15) is 29.1 Å². The summed E-state index contributed by atoms with van der Waals surface area (Å²) in [6.45, 7) is 3.51. The Labute approximate surface area is 191 Å². The minimum absolute atomic E-state index is 0.0460. The number of nitrogens with one attached hydrogen (secondary N) is 3. The molecule has 178 valence electrons. The maximum atomic E-state index is 12.6. The second-order valence-corrected chi connectivity index (χ2v) is 8.54. The molecule has 0 aliphatic carbocycles. The summed E-state index contributed by atoms with van der Waals surface area (Å²) in [4.78, 5) is 59.4. The van der Waals surface area contributed by atoms with Crippen molar-refractivity contribution in [2.24, 2.45) is 11.7 Å². The lowest BCUT2D eigenvalue weighted by Gasteiger charge is -2.25. The van der Waals surface area contributed by atoms with Gasteiger partial charge in [0, 0.05) is 12.2 Å². The molecule has 0 fully saturated rings. The van der Waals surface area contributed by atoms with Gasteiger partial charge in [-0.3, -0.25) is 19.2 Å². The molecule has 4 unspecified atom stereocenters. The Morgan fingerprint density at radius 2 is 1.42 bits per heavy atom. The van der Waals surface area contributed by atoms with Gasteiger partial charge in [-0.2, -0.15) is 24.4 Å². The van der Waals surface area contributed by atoms with Crippen LogP contribution in [0.5, 0.6) is 0 Å². The molecule has 31 heavy (non-hydrogen) atoms. The number of nitrogens with two attached hydrogens (primary N) is 1. The van der Waals surface area contributed by atoms with E-state index in [4.69, 9.17) is 10.8 Å². The molecule has 0 bridgehead atoms. The lowest BCUT2D eigenvalue weighted by atomic mass is 10.0. The lowest BCUT2D eigenvalue weighted by Crippen LogP contribution is -2.58. The number of carbonyl (C=O) groups excluding carboxylic acids is 3. The molecule has 0 spiro atoms. The highest BCUT2D eigenvalue weighted by molar-refractivity contribution is 7.98. The summed E-state index contributed by atoms with van der Waals surface area (Å²) < 4.78 is 0. The van der Waals surface area contributed by atoms with E-state index in [1.54, 1.807) is 20.1 Å². The third-order valence-electron chi connectivity index (χ3n) is 4.34. The normalized spacial score (nSPS) is 14.8. The average molecular weight is 481 g/mol. The van der Waals surface area contributed by atoms with Crippen LogP contribution in [0.1, 0.15) is 33.1 Å². The zero-order valence-corrected chi connectivity index (χ0v) is 19.5. The van der Waals surface area contributed by atoms with E-state index in [-0.39, 0.29) is 24.5 Å². The number of hydrogen-bond donors (Lipinski definition) is 7. The van der Waals surface area contributed by atoms with Gasteiger partial charge in [0.05, 0.1) is 6.04 Å². The fraction of sp³-hybridized carbons (Fsp3) is 0.722. The van der Waals surface area contributed by atoms with Crippen molar-refractivity contribution in [3.8, 4) is 0 Å². The Bertz CT molecular complexity index is 648. The van der Waals surface area contributed by atoms with Crippen molar-refractivity contribution < 1.29 is 34.2 Å². The van der Waals surface area contributed by atoms with Crippen LogP contribution in [0.15, 0.2) is 0 Å². The number of carboxylic acid groups (broad SMARTS) is 2. The van der Waals surface area contributed by atoms with Gasteiger partial charge in [0.1, 0.15) is 18.1 Å². The molecule has 0 heterocycles. The number of carbonyl (C=O) groups is 5. The van der Waals surface area contributed by atoms with Gasteiger partial charge < -0.3 is 31.9 Å². The first kappa shape index (κ1) is 29.0. The van der Waals surface area contributed by atoms with Gasteiger partial charge in [0.15, 0.2) is 0 Å². The first-order chi connectivity index (χ1) is 14.4. The van der Waals surface area contributed by atoms with Crippen molar-refractivity contribution in [1.29, 1.82) is 0 Å². The van der Waals surface area contributed by atoms with E-state index in [1.165, 1.54) is 11.8 Å². The molecule has 0 rings (SSSR count). The molecule has 7 N–H and O–H groups in total. The average Bonchev–Trinajstić information content (AvgIpc) is 2.70. The van der Waals surface area contributed by atoms with Gasteiger partial charge in [-0.1, -0.05) is 13.8 Å². The van der Waals surface area contributed by atoms with E-state index in [2.05, 4.69) is 28.6 Å². The zero-order valence-electron chi connectivity index (χ0n) is 17.8. The van der Waals surface area contributed by atoms with Crippen LogP contribution in [0, 0.1) is 5.92 Å². The highest BCUT2D eigenvalue weighted by atomic mass is 32.2. The van der Waals surface area contributed by atoms with Crippen LogP contribution >= 0.6 is 24.4 Å². The molecular weight excluding hydrogens is 448 g/mol. The maximum absolute atomic E-state index is 12.6. The van der Waals surface area contributed by atoms with E-state index in [0.717, 1.165) is 0 Å². The molecule has 0 saturated heterocycles. The Hall–Kier alpha value is -1.99. The number of amides is 3. The molecule has 4 atom stereocenters. The van der Waals surface area contributed by atoms with Crippen molar-refractivity contribution in [1.82, 2.24) is 16.0 Å². The third-order valence-corrected chi connectivity index (χ3v) is 5.35. The van der Waals surface area contributed by atoms with E-state index < -0.39 is 60.2 Å². The molecule has 13 heteroatoms. The third kappa shape index (κ3) is 11.3. The predicted molar refractivity (Wildman–Crippen MR) is 120 cm³/mol. The van der Waals surface area contributed by atoms with Crippen LogP contribution in [0.4, 0.5) is 0 Å². The van der Waals surface area contributed by atoms with Crippen LogP contribution in [-0.4, -0.2) is 81.8 Å². The standard InChI is InChI=1S/C18H32N4O7S2/c1-9(2)14(19)17(27)22-12(8-30)16(26)20-10(6-7-31-3)15(25)21-11(18(28)29)4-5-13(23)24/h9-12,14,30H,4-8,19H2,1-3H3,(H,20,26)(H,21,25)(H,22,27)(H,23,24)(H,28,29). The molecule has 0 aromatic rings. The summed E-state index contributed by atoms with van der Waals surface area (Å²) in [6, 6.07) is -4.37. The highest BCUT2D eigenvalue weighted by Crippen LogP contribution is 2.06. The Kier molecular flexibility index (Phi) is 14.0. The minimum atomic E-state index is -1.42. The first-order valence-electron chi connectivity index (χ1n) is 9.65. The maximum Gasteiger partial charge on any atom is 0.326 e. The van der Waals surface area contributed by atoms with Crippen LogP contribution in [0.3, 0.4) is 0 Å². The Morgan fingerprint density at radius 3 is 1.87 bits per heavy atom. The van der Waals surface area contributed by atoms with Gasteiger partial charge in [-0.25, -0.2) is 4.79 Å². The van der Waals surface area contributed by atoms with Gasteiger partial charge >= 0.3 is 11.9 Å². The number of aliphatic carboxylic acids is 2. The largest absolute Gasteiger partial charge is 0.481 e. The van der Waals surface area contributed by atoms with Gasteiger partial charge in [0.25, 0.3) is 0 Å². The molecule has 11 nitrogen and oxygen atoms in total. The van der Waals surface area contributed by atoms with Crippen LogP contribution < -0.4 is 21.7 Å². The second-order valence-electron chi connectivity index (χ2n) is 7.19. The summed E-state index contributed by atoms with van der Waals surface area (Å²) in [5.41, 5.74) is 5.78. The monoisotopic (exact) mass is 480 g/mol. The molecule has 3 amide bonds. The number of hydrogen-bond acceptors (Lipinski definition) is 8. The molecule has 0 aromatic carbocycles. The van der Waals surface area contributed by atoms with Crippen LogP contribution in [-0.2, 0) is 24.0 Å². The van der Waals surface area contributed by atoms with Crippen molar-refractivity contribution in [2.45, 2.75) is 57.3 Å². The number of rotatable bonds is 15. The fourth-order valence-corrected chi connectivity index (χ4v) is 3.07. The van der Waals surface area contributed by atoms with Crippen molar-refractivity contribution >= 4 is 54.1 Å². The highest BCUT2D eigenvalue weighted by Gasteiger charge is 2.30. The molecule has 0 aliphatic rings. The summed E-state index contributed by atoms with van der Waals surface area (Å²) in [6.07, 6.45) is 1.25. The summed E-state index contributed by atoms with van der Waals surface area (Å²) >= 11 is 5.49. The second kappa shape index (κ2) is 14.9. The molecule has 0 aromatic heterocycles. The molecule has 0 radical (unpaired) electrons. The number of carboxylic acids is 2. The SMILES string of the molecule is CSCCC(NC(=O)C(CS)NC(=O)C(N)C(C)C)C(=O)NC(CCC(=O)O)C(=O)O. The summed E-state index contributed by atoms with van der Waals surface area (Å²) in [7, 11) is 0. The van der Waals surface area contributed by atoms with Crippen molar-refractivity contribution in [3.63, 3.8) is 0 Å². The fourth-order valence-electron chi connectivity index (χ4n) is 2.34. The minimum Gasteiger partial charge on any atom is -0.481 e. The Morgan fingerprint density at radius 1 is 0.903 bits per heavy atom. The van der Waals surface area contributed by atoms with E-state index in [0.29, 0.717) is 5.75 Å². The predicted octanol–water partition coefficient (Wildman–Crippen LogP) is -0.944. The van der Waals surface area contributed by atoms with E-state index in [1.807, 2.05) is 0 Å². The summed E-state index contributed by atoms with van der Waals surface area (Å²) in [5, 5.41) is 25.2. The van der Waals surface area contributed by atoms with Crippen LogP contribution in [0.25, 0.3) is 0 Å². The topological polar surface area (TPSA) is 188 Å². The smallest absolute Gasteiger partial charge is 0.326 e. The number of thioether (sulfide) groups is 1.